The van der Waals surface area contributed by atoms with Crippen molar-refractivity contribution in [2.24, 2.45) is 0 Å². The Labute approximate surface area is 103 Å². The molecule has 2 rings (SSSR count). The van der Waals surface area contributed by atoms with E-state index in [4.69, 9.17) is 6.42 Å². The van der Waals surface area contributed by atoms with Gasteiger partial charge in [-0.05, 0) is 26.0 Å². The second kappa shape index (κ2) is 5.70. The van der Waals surface area contributed by atoms with E-state index in [9.17, 15) is 0 Å². The van der Waals surface area contributed by atoms with Crippen LogP contribution < -0.4 is 10.2 Å². The van der Waals surface area contributed by atoms with Gasteiger partial charge in [-0.3, -0.25) is 4.98 Å². The van der Waals surface area contributed by atoms with Crippen molar-refractivity contribution in [3.8, 4) is 12.3 Å². The second-order valence-corrected chi connectivity index (χ2v) is 4.50. The molecule has 1 aromatic heterocycles. The summed E-state index contributed by atoms with van der Waals surface area (Å²) in [6.45, 7) is 2.13. The zero-order valence-corrected chi connectivity index (χ0v) is 10.3. The van der Waals surface area contributed by atoms with Crippen LogP contribution in [0.4, 0.5) is 5.69 Å². The van der Waals surface area contributed by atoms with Crippen LogP contribution in [-0.2, 0) is 0 Å². The van der Waals surface area contributed by atoms with Crippen LogP contribution in [0.5, 0.6) is 0 Å². The van der Waals surface area contributed by atoms with E-state index in [1.807, 2.05) is 19.3 Å². The largest absolute Gasteiger partial charge is 0.369 e. The van der Waals surface area contributed by atoms with E-state index >= 15 is 0 Å². The third-order valence-electron chi connectivity index (χ3n) is 3.34. The minimum Gasteiger partial charge on any atom is -0.369 e. The maximum absolute atomic E-state index is 5.41. The van der Waals surface area contributed by atoms with Crippen LogP contribution in [0.25, 0.3) is 0 Å². The SMILES string of the molecule is C#Cc1cncc(N2CCCCC(NC)C2)c1. The molecule has 0 saturated carbocycles. The summed E-state index contributed by atoms with van der Waals surface area (Å²) >= 11 is 0. The van der Waals surface area contributed by atoms with Gasteiger partial charge in [0.05, 0.1) is 11.9 Å². The molecular formula is C14H19N3. The smallest absolute Gasteiger partial charge is 0.0565 e. The maximum Gasteiger partial charge on any atom is 0.0565 e. The van der Waals surface area contributed by atoms with Gasteiger partial charge in [-0.15, -0.1) is 6.42 Å². The predicted octanol–water partition coefficient (Wildman–Crippen LogP) is 1.64. The fourth-order valence-electron chi connectivity index (χ4n) is 2.29. The summed E-state index contributed by atoms with van der Waals surface area (Å²) < 4.78 is 0. The van der Waals surface area contributed by atoms with Gasteiger partial charge < -0.3 is 10.2 Å². The van der Waals surface area contributed by atoms with Gasteiger partial charge in [-0.2, -0.15) is 0 Å². The van der Waals surface area contributed by atoms with Crippen LogP contribution >= 0.6 is 0 Å². The molecule has 0 aromatic carbocycles. The first kappa shape index (κ1) is 11.9. The molecule has 1 saturated heterocycles. The lowest BCUT2D eigenvalue weighted by molar-refractivity contribution is 0.532. The van der Waals surface area contributed by atoms with Crippen LogP contribution in [0, 0.1) is 12.3 Å². The highest BCUT2D eigenvalue weighted by Crippen LogP contribution is 2.19. The summed E-state index contributed by atoms with van der Waals surface area (Å²) in [7, 11) is 2.03. The van der Waals surface area contributed by atoms with Gasteiger partial charge in [0.15, 0.2) is 0 Å². The van der Waals surface area contributed by atoms with Gasteiger partial charge in [-0.25, -0.2) is 0 Å². The van der Waals surface area contributed by atoms with Crippen molar-refractivity contribution in [3.05, 3.63) is 24.0 Å². The van der Waals surface area contributed by atoms with Crippen molar-refractivity contribution >= 4 is 5.69 Å². The Bertz CT molecular complexity index is 408. The topological polar surface area (TPSA) is 28.2 Å². The number of nitrogens with one attached hydrogen (secondary N) is 1. The van der Waals surface area contributed by atoms with Gasteiger partial charge in [0.2, 0.25) is 0 Å². The third-order valence-corrected chi connectivity index (χ3v) is 3.34. The standard InChI is InChI=1S/C14H19N3/c1-3-12-8-14(10-16-9-12)17-7-5-4-6-13(11-17)15-2/h1,8-10,13,15H,4-7,11H2,2H3. The molecule has 2 heterocycles. The van der Waals surface area contributed by atoms with Crippen LogP contribution in [0.2, 0.25) is 0 Å². The van der Waals surface area contributed by atoms with Crippen LogP contribution in [0.15, 0.2) is 18.5 Å². The van der Waals surface area contributed by atoms with Crippen molar-refractivity contribution < 1.29 is 0 Å². The zero-order valence-electron chi connectivity index (χ0n) is 10.3. The number of pyridine rings is 1. The lowest BCUT2D eigenvalue weighted by Gasteiger charge is -2.26. The Morgan fingerprint density at radius 1 is 1.47 bits per heavy atom. The van der Waals surface area contributed by atoms with Gasteiger partial charge in [0.25, 0.3) is 0 Å². The van der Waals surface area contributed by atoms with Gasteiger partial charge >= 0.3 is 0 Å². The Morgan fingerprint density at radius 3 is 3.12 bits per heavy atom. The minimum atomic E-state index is 0.562. The zero-order chi connectivity index (χ0) is 12.1. The number of nitrogens with zero attached hydrogens (tertiary/aromatic N) is 2. The molecule has 1 unspecified atom stereocenters. The number of hydrogen-bond acceptors (Lipinski definition) is 3. The minimum absolute atomic E-state index is 0.562. The van der Waals surface area contributed by atoms with E-state index in [0.29, 0.717) is 6.04 Å². The van der Waals surface area contributed by atoms with E-state index in [2.05, 4.69) is 21.1 Å². The molecule has 1 N–H and O–H groups in total. The molecule has 0 radical (unpaired) electrons. The number of likely N-dealkylation sites (N-methyl/N-ethyl adjacent to an activating group) is 1. The van der Waals surface area contributed by atoms with E-state index in [1.54, 1.807) is 6.20 Å². The summed E-state index contributed by atoms with van der Waals surface area (Å²) in [5, 5.41) is 3.37. The maximum atomic E-state index is 5.41. The summed E-state index contributed by atoms with van der Waals surface area (Å²) in [6, 6.07) is 2.61. The predicted molar refractivity (Wildman–Crippen MR) is 71.1 cm³/mol. The molecule has 0 bridgehead atoms. The number of anilines is 1. The van der Waals surface area contributed by atoms with Crippen molar-refractivity contribution in [2.45, 2.75) is 25.3 Å². The van der Waals surface area contributed by atoms with Crippen molar-refractivity contribution in [2.75, 3.05) is 25.0 Å². The lowest BCUT2D eigenvalue weighted by atomic mass is 10.1. The quantitative estimate of drug-likeness (QED) is 0.781. The molecule has 1 aromatic rings. The average Bonchev–Trinajstić information content (AvgIpc) is 2.64. The molecule has 3 heteroatoms. The summed E-state index contributed by atoms with van der Waals surface area (Å²) in [5.41, 5.74) is 2.00. The van der Waals surface area contributed by atoms with Crippen LogP contribution in [0.3, 0.4) is 0 Å². The number of rotatable bonds is 2. The van der Waals surface area contributed by atoms with E-state index in [0.717, 1.165) is 24.3 Å². The average molecular weight is 229 g/mol. The first-order valence-electron chi connectivity index (χ1n) is 6.17. The first-order valence-corrected chi connectivity index (χ1v) is 6.17. The Balaban J connectivity index is 2.16. The summed E-state index contributed by atoms with van der Waals surface area (Å²) in [5.74, 6) is 2.64. The molecule has 1 atom stereocenters. The normalized spacial score (nSPS) is 20.7. The number of terminal acetylenes is 1. The molecule has 17 heavy (non-hydrogen) atoms. The molecule has 1 fully saturated rings. The van der Waals surface area contributed by atoms with Crippen molar-refractivity contribution in [1.82, 2.24) is 10.3 Å². The Hall–Kier alpha value is -1.53. The highest BCUT2D eigenvalue weighted by atomic mass is 15.2. The Kier molecular flexibility index (Phi) is 4.00. The molecule has 0 spiro atoms. The molecule has 1 aliphatic heterocycles. The second-order valence-electron chi connectivity index (χ2n) is 4.50. The number of aromatic nitrogens is 1. The first-order chi connectivity index (χ1) is 8.33. The monoisotopic (exact) mass is 229 g/mol. The van der Waals surface area contributed by atoms with E-state index in [1.165, 1.54) is 19.3 Å². The van der Waals surface area contributed by atoms with Crippen LogP contribution in [0.1, 0.15) is 24.8 Å². The number of hydrogen-bond donors (Lipinski definition) is 1. The van der Waals surface area contributed by atoms with Crippen molar-refractivity contribution in [1.29, 1.82) is 0 Å². The highest BCUT2D eigenvalue weighted by molar-refractivity contribution is 5.49. The lowest BCUT2D eigenvalue weighted by Crippen LogP contribution is -2.38. The highest BCUT2D eigenvalue weighted by Gasteiger charge is 2.17. The fourth-order valence-corrected chi connectivity index (χ4v) is 2.29. The van der Waals surface area contributed by atoms with Gasteiger partial charge in [0.1, 0.15) is 0 Å². The third kappa shape index (κ3) is 2.98. The van der Waals surface area contributed by atoms with Crippen LogP contribution in [-0.4, -0.2) is 31.2 Å². The molecule has 0 aliphatic carbocycles. The molecule has 3 nitrogen and oxygen atoms in total. The van der Waals surface area contributed by atoms with Crippen molar-refractivity contribution in [3.63, 3.8) is 0 Å². The van der Waals surface area contributed by atoms with Gasteiger partial charge in [-0.1, -0.05) is 12.3 Å². The molecule has 1 aliphatic rings. The fraction of sp³-hybridized carbons (Fsp3) is 0.500. The summed E-state index contributed by atoms with van der Waals surface area (Å²) in [6.07, 6.45) is 12.8. The Morgan fingerprint density at radius 2 is 2.35 bits per heavy atom. The van der Waals surface area contributed by atoms with Gasteiger partial charge in [0, 0.05) is 30.9 Å². The molecular weight excluding hydrogens is 210 g/mol. The summed E-state index contributed by atoms with van der Waals surface area (Å²) in [4.78, 5) is 6.58. The van der Waals surface area contributed by atoms with E-state index in [-0.39, 0.29) is 0 Å². The molecule has 0 amide bonds. The van der Waals surface area contributed by atoms with E-state index < -0.39 is 0 Å². The molecule has 90 valence electrons.